The fraction of sp³-hybridized carbons (Fsp3) is 0.360. The predicted octanol–water partition coefficient (Wildman–Crippen LogP) is 3.46. The molecular formula is C25H31N3O3. The molecule has 0 amide bonds. The van der Waals surface area contributed by atoms with E-state index >= 15 is 0 Å². The maximum Gasteiger partial charge on any atom is 0.309 e. The number of aryl methyl sites for hydroxylation is 2. The van der Waals surface area contributed by atoms with Gasteiger partial charge in [-0.05, 0) is 56.5 Å². The van der Waals surface area contributed by atoms with Crippen LogP contribution in [0.5, 0.6) is 0 Å². The van der Waals surface area contributed by atoms with Gasteiger partial charge in [0.1, 0.15) is 5.82 Å². The largest absolute Gasteiger partial charge is 0.469 e. The Labute approximate surface area is 183 Å². The highest BCUT2D eigenvalue weighted by Crippen LogP contribution is 2.17. The highest BCUT2D eigenvalue weighted by Gasteiger charge is 2.12. The van der Waals surface area contributed by atoms with E-state index in [9.17, 15) is 9.90 Å². The number of carbonyl (C=O) groups excluding carboxylic acids is 1. The van der Waals surface area contributed by atoms with E-state index < -0.39 is 6.10 Å². The Balaban J connectivity index is 1.54. The number of ether oxygens (including phenoxy) is 1. The third-order valence-electron chi connectivity index (χ3n) is 5.42. The van der Waals surface area contributed by atoms with Crippen LogP contribution in [0.25, 0.3) is 5.82 Å². The van der Waals surface area contributed by atoms with Crippen LogP contribution in [0.4, 0.5) is 0 Å². The van der Waals surface area contributed by atoms with Crippen molar-refractivity contribution < 1.29 is 14.6 Å². The number of methoxy groups -OCH3 is 1. The lowest BCUT2D eigenvalue weighted by Gasteiger charge is -2.18. The summed E-state index contributed by atoms with van der Waals surface area (Å²) in [5.41, 5.74) is 5.12. The standard InChI is InChI=1S/C25H31N3O3/c1-17(12-20-6-5-7-21(13-20)14-25(30)31-4)26-16-23(29)22-10-11-24(27-15-22)28-18(2)8-9-19(28)3/h5-11,13,15,17,23,26,29H,12,14,16H2,1-4H3/t17-,23+/m1/s1. The molecule has 2 N–H and O–H groups in total. The molecule has 0 aliphatic heterocycles. The molecule has 2 heterocycles. The Morgan fingerprint density at radius 3 is 2.48 bits per heavy atom. The van der Waals surface area contributed by atoms with Crippen molar-refractivity contribution in [3.8, 4) is 5.82 Å². The van der Waals surface area contributed by atoms with Crippen LogP contribution >= 0.6 is 0 Å². The molecule has 164 valence electrons. The number of aromatic nitrogens is 2. The fourth-order valence-electron chi connectivity index (χ4n) is 3.72. The van der Waals surface area contributed by atoms with E-state index in [1.54, 1.807) is 6.20 Å². The minimum Gasteiger partial charge on any atom is -0.469 e. The molecule has 3 aromatic rings. The summed E-state index contributed by atoms with van der Waals surface area (Å²) in [6, 6.07) is 16.1. The van der Waals surface area contributed by atoms with Crippen molar-refractivity contribution in [1.82, 2.24) is 14.9 Å². The van der Waals surface area contributed by atoms with Crippen molar-refractivity contribution in [2.75, 3.05) is 13.7 Å². The number of aliphatic hydroxyl groups is 1. The lowest BCUT2D eigenvalue weighted by Crippen LogP contribution is -2.32. The van der Waals surface area contributed by atoms with Crippen LogP contribution in [0.1, 0.15) is 41.1 Å². The van der Waals surface area contributed by atoms with E-state index in [2.05, 4.69) is 33.9 Å². The molecule has 3 rings (SSSR count). The first-order valence-corrected chi connectivity index (χ1v) is 10.5. The monoisotopic (exact) mass is 421 g/mol. The Morgan fingerprint density at radius 1 is 1.13 bits per heavy atom. The predicted molar refractivity (Wildman–Crippen MR) is 121 cm³/mol. The first-order chi connectivity index (χ1) is 14.9. The lowest BCUT2D eigenvalue weighted by atomic mass is 10.0. The summed E-state index contributed by atoms with van der Waals surface area (Å²) < 4.78 is 6.82. The maximum absolute atomic E-state index is 11.5. The molecule has 0 saturated heterocycles. The number of carbonyl (C=O) groups is 1. The highest BCUT2D eigenvalue weighted by atomic mass is 16.5. The number of nitrogens with one attached hydrogen (secondary N) is 1. The first kappa shape index (κ1) is 22.7. The molecule has 2 atom stereocenters. The van der Waals surface area contributed by atoms with Gasteiger partial charge in [-0.15, -0.1) is 0 Å². The number of esters is 1. The summed E-state index contributed by atoms with van der Waals surface area (Å²) in [7, 11) is 1.40. The number of aliphatic hydroxyl groups excluding tert-OH is 1. The molecule has 6 heteroatoms. The van der Waals surface area contributed by atoms with Crippen LogP contribution in [0.2, 0.25) is 0 Å². The van der Waals surface area contributed by atoms with Gasteiger partial charge >= 0.3 is 5.97 Å². The summed E-state index contributed by atoms with van der Waals surface area (Å²) >= 11 is 0. The van der Waals surface area contributed by atoms with Crippen molar-refractivity contribution in [2.24, 2.45) is 0 Å². The lowest BCUT2D eigenvalue weighted by molar-refractivity contribution is -0.139. The van der Waals surface area contributed by atoms with Crippen LogP contribution in [-0.2, 0) is 22.4 Å². The third kappa shape index (κ3) is 6.03. The van der Waals surface area contributed by atoms with E-state index in [0.717, 1.165) is 40.3 Å². The Bertz CT molecular complexity index is 992. The Morgan fingerprint density at radius 2 is 1.84 bits per heavy atom. The van der Waals surface area contributed by atoms with E-state index in [1.807, 2.05) is 50.2 Å². The fourth-order valence-corrected chi connectivity index (χ4v) is 3.72. The molecule has 0 radical (unpaired) electrons. The second-order valence-corrected chi connectivity index (χ2v) is 8.00. The van der Waals surface area contributed by atoms with Gasteiger partial charge in [0, 0.05) is 35.7 Å². The average molecular weight is 422 g/mol. The molecule has 0 bridgehead atoms. The second-order valence-electron chi connectivity index (χ2n) is 8.00. The molecule has 0 fully saturated rings. The zero-order valence-electron chi connectivity index (χ0n) is 18.6. The molecule has 0 aliphatic rings. The van der Waals surface area contributed by atoms with Crippen LogP contribution in [0.3, 0.4) is 0 Å². The van der Waals surface area contributed by atoms with Crippen LogP contribution in [-0.4, -0.2) is 40.3 Å². The number of hydrogen-bond donors (Lipinski definition) is 2. The van der Waals surface area contributed by atoms with Gasteiger partial charge in [-0.1, -0.05) is 30.3 Å². The minimum atomic E-state index is -0.637. The smallest absolute Gasteiger partial charge is 0.309 e. The molecule has 0 aliphatic carbocycles. The molecule has 6 nitrogen and oxygen atoms in total. The molecule has 2 aromatic heterocycles. The summed E-state index contributed by atoms with van der Waals surface area (Å²) in [6.45, 7) is 6.62. The summed E-state index contributed by atoms with van der Waals surface area (Å²) in [6.07, 6.45) is 2.17. The number of benzene rings is 1. The summed E-state index contributed by atoms with van der Waals surface area (Å²) in [5, 5.41) is 14.0. The normalized spacial score (nSPS) is 13.1. The zero-order valence-corrected chi connectivity index (χ0v) is 18.6. The van der Waals surface area contributed by atoms with E-state index in [1.165, 1.54) is 7.11 Å². The summed E-state index contributed by atoms with van der Waals surface area (Å²) in [4.78, 5) is 16.0. The molecule has 0 saturated carbocycles. The molecule has 0 unspecified atom stereocenters. The van der Waals surface area contributed by atoms with Crippen LogP contribution < -0.4 is 5.32 Å². The minimum absolute atomic E-state index is 0.167. The van der Waals surface area contributed by atoms with Crippen molar-refractivity contribution in [2.45, 2.75) is 45.8 Å². The Hall–Kier alpha value is -2.96. The maximum atomic E-state index is 11.5. The number of nitrogens with zero attached hydrogens (tertiary/aromatic N) is 2. The van der Waals surface area contributed by atoms with Gasteiger partial charge in [0.15, 0.2) is 0 Å². The van der Waals surface area contributed by atoms with Gasteiger partial charge in [-0.3, -0.25) is 4.79 Å². The molecule has 1 aromatic carbocycles. The van der Waals surface area contributed by atoms with Crippen LogP contribution in [0.15, 0.2) is 54.7 Å². The van der Waals surface area contributed by atoms with Gasteiger partial charge in [0.05, 0.1) is 19.6 Å². The SMILES string of the molecule is COC(=O)Cc1cccc(C[C@@H](C)NC[C@H](O)c2ccc(-n3c(C)ccc3C)nc2)c1. The molecule has 31 heavy (non-hydrogen) atoms. The van der Waals surface area contributed by atoms with Crippen molar-refractivity contribution >= 4 is 5.97 Å². The van der Waals surface area contributed by atoms with Crippen molar-refractivity contribution in [3.63, 3.8) is 0 Å². The average Bonchev–Trinajstić information content (AvgIpc) is 3.10. The Kier molecular flexibility index (Phi) is 7.60. The van der Waals surface area contributed by atoms with Gasteiger partial charge < -0.3 is 19.7 Å². The second kappa shape index (κ2) is 10.4. The van der Waals surface area contributed by atoms with Gasteiger partial charge in [-0.25, -0.2) is 4.98 Å². The van der Waals surface area contributed by atoms with Gasteiger partial charge in [0.2, 0.25) is 0 Å². The third-order valence-corrected chi connectivity index (χ3v) is 5.42. The van der Waals surface area contributed by atoms with E-state index in [0.29, 0.717) is 6.54 Å². The van der Waals surface area contributed by atoms with Crippen LogP contribution in [0, 0.1) is 13.8 Å². The number of pyridine rings is 1. The topological polar surface area (TPSA) is 76.4 Å². The molecule has 0 spiro atoms. The van der Waals surface area contributed by atoms with E-state index in [4.69, 9.17) is 4.74 Å². The highest BCUT2D eigenvalue weighted by molar-refractivity contribution is 5.72. The zero-order chi connectivity index (χ0) is 22.4. The van der Waals surface area contributed by atoms with Crippen molar-refractivity contribution in [3.05, 3.63) is 82.8 Å². The van der Waals surface area contributed by atoms with Gasteiger partial charge in [-0.2, -0.15) is 0 Å². The first-order valence-electron chi connectivity index (χ1n) is 10.5. The number of hydrogen-bond acceptors (Lipinski definition) is 5. The summed E-state index contributed by atoms with van der Waals surface area (Å²) in [5.74, 6) is 0.609. The van der Waals surface area contributed by atoms with E-state index in [-0.39, 0.29) is 18.4 Å². The number of rotatable bonds is 9. The quantitative estimate of drug-likeness (QED) is 0.518. The molecular weight excluding hydrogens is 390 g/mol. The van der Waals surface area contributed by atoms with Crippen molar-refractivity contribution in [1.29, 1.82) is 0 Å². The van der Waals surface area contributed by atoms with Gasteiger partial charge in [0.25, 0.3) is 0 Å².